The van der Waals surface area contributed by atoms with Crippen molar-refractivity contribution in [2.75, 3.05) is 11.5 Å². The molecule has 32 heavy (non-hydrogen) atoms. The fourth-order valence-electron chi connectivity index (χ4n) is 3.66. The third kappa shape index (κ3) is 3.80. The van der Waals surface area contributed by atoms with E-state index in [2.05, 4.69) is 0 Å². The van der Waals surface area contributed by atoms with Crippen molar-refractivity contribution in [1.29, 1.82) is 0 Å². The predicted octanol–water partition coefficient (Wildman–Crippen LogP) is 4.63. The van der Waals surface area contributed by atoms with Crippen LogP contribution in [0.1, 0.15) is 45.9 Å². The van der Waals surface area contributed by atoms with Gasteiger partial charge in [0.25, 0.3) is 5.91 Å². The highest BCUT2D eigenvalue weighted by molar-refractivity contribution is 6.20. The molecule has 0 radical (unpaired) electrons. The first-order chi connectivity index (χ1) is 15.5. The van der Waals surface area contributed by atoms with E-state index >= 15 is 0 Å². The first-order valence-electron chi connectivity index (χ1n) is 10.2. The van der Waals surface area contributed by atoms with E-state index in [0.717, 1.165) is 0 Å². The summed E-state index contributed by atoms with van der Waals surface area (Å²) in [5.41, 5.74) is 1.15. The molecule has 1 unspecified atom stereocenters. The van der Waals surface area contributed by atoms with E-state index in [4.69, 9.17) is 9.15 Å². The Kier molecular flexibility index (Phi) is 5.89. The second kappa shape index (κ2) is 8.93. The first-order valence-corrected chi connectivity index (χ1v) is 10.2. The second-order valence-electron chi connectivity index (χ2n) is 7.24. The molecule has 1 aliphatic rings. The van der Waals surface area contributed by atoms with Crippen molar-refractivity contribution in [2.45, 2.75) is 19.4 Å². The Balaban J connectivity index is 1.80. The molecule has 1 N–H and O–H groups in total. The zero-order valence-corrected chi connectivity index (χ0v) is 17.4. The van der Waals surface area contributed by atoms with Gasteiger partial charge in [-0.3, -0.25) is 14.5 Å². The van der Waals surface area contributed by atoms with Crippen molar-refractivity contribution in [3.8, 4) is 0 Å². The van der Waals surface area contributed by atoms with E-state index in [9.17, 15) is 19.5 Å². The first kappa shape index (κ1) is 21.1. The number of rotatable bonds is 7. The van der Waals surface area contributed by atoms with Crippen LogP contribution in [-0.2, 0) is 9.53 Å². The lowest BCUT2D eigenvalue weighted by atomic mass is 9.95. The third-order valence-electron chi connectivity index (χ3n) is 5.11. The molecule has 2 aromatic carbocycles. The number of carbonyl (C=O) groups excluding carboxylic acids is 3. The number of hydrogen-bond donors (Lipinski definition) is 1. The number of ether oxygens (including phenoxy) is 1. The maximum Gasteiger partial charge on any atom is 0.338 e. The smallest absolute Gasteiger partial charge is 0.338 e. The van der Waals surface area contributed by atoms with Gasteiger partial charge in [0.05, 0.1) is 30.0 Å². The highest BCUT2D eigenvalue weighted by Gasteiger charge is 2.45. The molecule has 0 aliphatic carbocycles. The standard InChI is InChI=1S/C25H21NO6/c1-2-13-32-25(30)17-10-6-11-18(15-17)26-21(16-8-4-3-5-9-16)20(23(28)24(26)29)22(27)19-12-7-14-31-19/h3-12,14-15,21,28H,2,13H2,1H3. The van der Waals surface area contributed by atoms with Crippen LogP contribution < -0.4 is 4.90 Å². The molecule has 1 aliphatic heterocycles. The molecule has 0 spiro atoms. The molecule has 7 heteroatoms. The van der Waals surface area contributed by atoms with E-state index in [1.54, 1.807) is 48.5 Å². The number of carbonyl (C=O) groups is 3. The van der Waals surface area contributed by atoms with Crippen molar-refractivity contribution in [3.05, 3.63) is 101 Å². The molecule has 7 nitrogen and oxygen atoms in total. The molecule has 0 saturated carbocycles. The molecule has 3 aromatic rings. The highest BCUT2D eigenvalue weighted by atomic mass is 16.5. The predicted molar refractivity (Wildman–Crippen MR) is 116 cm³/mol. The van der Waals surface area contributed by atoms with Crippen LogP contribution in [0.25, 0.3) is 0 Å². The normalized spacial score (nSPS) is 15.8. The van der Waals surface area contributed by atoms with Crippen molar-refractivity contribution in [2.24, 2.45) is 0 Å². The van der Waals surface area contributed by atoms with Gasteiger partial charge >= 0.3 is 5.97 Å². The van der Waals surface area contributed by atoms with Crippen molar-refractivity contribution < 1.29 is 28.6 Å². The van der Waals surface area contributed by atoms with E-state index < -0.39 is 29.5 Å². The van der Waals surface area contributed by atoms with Gasteiger partial charge in [-0.05, 0) is 42.3 Å². The molecule has 2 heterocycles. The summed E-state index contributed by atoms with van der Waals surface area (Å²) in [5, 5.41) is 10.7. The number of aliphatic hydroxyl groups is 1. The SMILES string of the molecule is CCCOC(=O)c1cccc(N2C(=O)C(O)=C(C(=O)c3ccco3)C2c2ccccc2)c1. The summed E-state index contributed by atoms with van der Waals surface area (Å²) in [7, 11) is 0. The second-order valence-corrected chi connectivity index (χ2v) is 7.24. The number of amides is 1. The minimum absolute atomic E-state index is 0.0130. The number of hydrogen-bond acceptors (Lipinski definition) is 6. The van der Waals surface area contributed by atoms with Gasteiger partial charge in [-0.15, -0.1) is 0 Å². The topological polar surface area (TPSA) is 97.0 Å². The van der Waals surface area contributed by atoms with Crippen molar-refractivity contribution in [1.82, 2.24) is 0 Å². The summed E-state index contributed by atoms with van der Waals surface area (Å²) >= 11 is 0. The molecular formula is C25H21NO6. The Bertz CT molecular complexity index is 1180. The number of ketones is 1. The number of esters is 1. The number of anilines is 1. The van der Waals surface area contributed by atoms with Crippen LogP contribution in [0.15, 0.2) is 88.7 Å². The fourth-order valence-corrected chi connectivity index (χ4v) is 3.66. The van der Waals surface area contributed by atoms with Gasteiger partial charge in [0, 0.05) is 5.69 Å². The maximum atomic E-state index is 13.2. The Hall–Kier alpha value is -4.13. The minimum atomic E-state index is -0.900. The lowest BCUT2D eigenvalue weighted by molar-refractivity contribution is -0.117. The van der Waals surface area contributed by atoms with Gasteiger partial charge in [0.1, 0.15) is 0 Å². The molecule has 162 valence electrons. The van der Waals surface area contributed by atoms with Crippen LogP contribution >= 0.6 is 0 Å². The zero-order valence-electron chi connectivity index (χ0n) is 17.4. The zero-order chi connectivity index (χ0) is 22.7. The lowest BCUT2D eigenvalue weighted by Crippen LogP contribution is -2.31. The maximum absolute atomic E-state index is 13.2. The quantitative estimate of drug-likeness (QED) is 0.433. The van der Waals surface area contributed by atoms with E-state index in [1.807, 2.05) is 13.0 Å². The Morgan fingerprint density at radius 2 is 1.84 bits per heavy atom. The minimum Gasteiger partial charge on any atom is -0.503 e. The molecule has 0 saturated heterocycles. The van der Waals surface area contributed by atoms with Crippen molar-refractivity contribution >= 4 is 23.3 Å². The van der Waals surface area contributed by atoms with Gasteiger partial charge in [-0.2, -0.15) is 0 Å². The average Bonchev–Trinajstić information content (AvgIpc) is 3.45. The van der Waals surface area contributed by atoms with Crippen LogP contribution in [0.5, 0.6) is 0 Å². The van der Waals surface area contributed by atoms with E-state index in [0.29, 0.717) is 17.7 Å². The molecule has 1 aromatic heterocycles. The summed E-state index contributed by atoms with van der Waals surface area (Å²) in [5.74, 6) is -2.48. The number of nitrogens with zero attached hydrogens (tertiary/aromatic N) is 1. The Morgan fingerprint density at radius 3 is 2.53 bits per heavy atom. The fraction of sp³-hybridized carbons (Fsp3) is 0.160. The molecule has 0 fully saturated rings. The highest BCUT2D eigenvalue weighted by Crippen LogP contribution is 2.42. The molecule has 1 amide bonds. The van der Waals surface area contributed by atoms with E-state index in [-0.39, 0.29) is 23.5 Å². The molecular weight excluding hydrogens is 410 g/mol. The van der Waals surface area contributed by atoms with Gasteiger partial charge in [0.2, 0.25) is 5.78 Å². The van der Waals surface area contributed by atoms with Gasteiger partial charge < -0.3 is 14.3 Å². The van der Waals surface area contributed by atoms with Crippen LogP contribution in [0, 0.1) is 0 Å². The number of furan rings is 1. The Morgan fingerprint density at radius 1 is 1.06 bits per heavy atom. The summed E-state index contributed by atoms with van der Waals surface area (Å²) in [6, 6.07) is 17.4. The van der Waals surface area contributed by atoms with Crippen LogP contribution in [0.3, 0.4) is 0 Å². The summed E-state index contributed by atoms with van der Waals surface area (Å²) in [6.07, 6.45) is 2.03. The summed E-state index contributed by atoms with van der Waals surface area (Å²) in [4.78, 5) is 39.9. The number of benzene rings is 2. The van der Waals surface area contributed by atoms with Gasteiger partial charge in [-0.25, -0.2) is 4.79 Å². The lowest BCUT2D eigenvalue weighted by Gasteiger charge is -2.27. The number of Topliss-reactive ketones (excluding diaryl/α,β-unsaturated/α-hetero) is 1. The van der Waals surface area contributed by atoms with E-state index in [1.165, 1.54) is 23.3 Å². The number of aliphatic hydroxyl groups excluding tert-OH is 1. The van der Waals surface area contributed by atoms with Crippen LogP contribution in [0.2, 0.25) is 0 Å². The summed E-state index contributed by atoms with van der Waals surface area (Å²) in [6.45, 7) is 2.17. The van der Waals surface area contributed by atoms with Gasteiger partial charge in [0.15, 0.2) is 11.5 Å². The van der Waals surface area contributed by atoms with Crippen molar-refractivity contribution in [3.63, 3.8) is 0 Å². The summed E-state index contributed by atoms with van der Waals surface area (Å²) < 4.78 is 10.4. The molecule has 4 rings (SSSR count). The van der Waals surface area contributed by atoms with Crippen LogP contribution in [0.4, 0.5) is 5.69 Å². The third-order valence-corrected chi connectivity index (χ3v) is 5.11. The largest absolute Gasteiger partial charge is 0.503 e. The molecule has 1 atom stereocenters. The average molecular weight is 431 g/mol. The van der Waals surface area contributed by atoms with Gasteiger partial charge in [-0.1, -0.05) is 43.3 Å². The molecule has 0 bridgehead atoms. The van der Waals surface area contributed by atoms with Crippen LogP contribution in [-0.4, -0.2) is 29.4 Å². The monoisotopic (exact) mass is 431 g/mol. The Labute approximate surface area is 184 Å².